The Hall–Kier alpha value is -2.27. The van der Waals surface area contributed by atoms with Crippen molar-refractivity contribution in [3.05, 3.63) is 53.5 Å². The Labute approximate surface area is 123 Å². The summed E-state index contributed by atoms with van der Waals surface area (Å²) < 4.78 is 5.47. The molecule has 0 fully saturated rings. The third kappa shape index (κ3) is 4.10. The number of nitrogens with one attached hydrogen (secondary N) is 1. The number of hydrogen-bond acceptors (Lipinski definition) is 4. The molecule has 0 bridgehead atoms. The predicted molar refractivity (Wildman–Crippen MR) is 79.8 cm³/mol. The number of hydrogen-bond donors (Lipinski definition) is 3. The van der Waals surface area contributed by atoms with Crippen molar-refractivity contribution in [1.82, 2.24) is 5.32 Å². The quantitative estimate of drug-likeness (QED) is 0.785. The van der Waals surface area contributed by atoms with Gasteiger partial charge in [-0.15, -0.1) is 0 Å². The maximum Gasteiger partial charge on any atom is 0.237 e. The molecule has 0 saturated carbocycles. The summed E-state index contributed by atoms with van der Waals surface area (Å²) in [4.78, 5) is 12.1. The predicted octanol–water partition coefficient (Wildman–Crippen LogP) is 2.04. The highest BCUT2D eigenvalue weighted by Crippen LogP contribution is 2.16. The zero-order chi connectivity index (χ0) is 15.4. The van der Waals surface area contributed by atoms with Gasteiger partial charge in [0.05, 0.1) is 12.1 Å². The smallest absolute Gasteiger partial charge is 0.237 e. The van der Waals surface area contributed by atoms with Gasteiger partial charge in [-0.1, -0.05) is 12.1 Å². The van der Waals surface area contributed by atoms with Crippen molar-refractivity contribution in [2.75, 3.05) is 0 Å². The van der Waals surface area contributed by atoms with E-state index in [-0.39, 0.29) is 17.7 Å². The number of phenols is 1. The fourth-order valence-electron chi connectivity index (χ4n) is 2.06. The fraction of sp³-hybridized carbons (Fsp3) is 0.312. The molecule has 2 atom stereocenters. The number of benzene rings is 1. The maximum atomic E-state index is 12.1. The monoisotopic (exact) mass is 288 g/mol. The van der Waals surface area contributed by atoms with Crippen molar-refractivity contribution < 1.29 is 14.3 Å². The molecule has 4 N–H and O–H groups in total. The number of amides is 1. The first-order valence-corrected chi connectivity index (χ1v) is 6.86. The highest BCUT2D eigenvalue weighted by molar-refractivity contribution is 5.82. The van der Waals surface area contributed by atoms with E-state index in [1.54, 1.807) is 24.3 Å². The zero-order valence-electron chi connectivity index (χ0n) is 12.2. The van der Waals surface area contributed by atoms with Crippen LogP contribution in [0, 0.1) is 6.92 Å². The van der Waals surface area contributed by atoms with Gasteiger partial charge in [0.1, 0.15) is 17.3 Å². The zero-order valence-corrected chi connectivity index (χ0v) is 12.2. The third-order valence-electron chi connectivity index (χ3n) is 3.28. The minimum Gasteiger partial charge on any atom is -0.508 e. The fourth-order valence-corrected chi connectivity index (χ4v) is 2.06. The summed E-state index contributed by atoms with van der Waals surface area (Å²) >= 11 is 0. The van der Waals surface area contributed by atoms with Crippen molar-refractivity contribution in [3.63, 3.8) is 0 Å². The second-order valence-electron chi connectivity index (χ2n) is 5.16. The van der Waals surface area contributed by atoms with Gasteiger partial charge in [0.2, 0.25) is 5.91 Å². The molecule has 1 amide bonds. The molecule has 21 heavy (non-hydrogen) atoms. The number of furan rings is 1. The highest BCUT2D eigenvalue weighted by Gasteiger charge is 2.18. The topological polar surface area (TPSA) is 88.5 Å². The SMILES string of the molecule is Cc1ccc(C(C)NC(=O)C(N)Cc2ccc(O)cc2)o1. The Morgan fingerprint density at radius 1 is 1.29 bits per heavy atom. The van der Waals surface area contributed by atoms with E-state index in [4.69, 9.17) is 10.2 Å². The van der Waals surface area contributed by atoms with E-state index in [9.17, 15) is 9.90 Å². The first kappa shape index (κ1) is 15.1. The molecule has 0 radical (unpaired) electrons. The van der Waals surface area contributed by atoms with Crippen molar-refractivity contribution >= 4 is 5.91 Å². The Morgan fingerprint density at radius 2 is 1.95 bits per heavy atom. The van der Waals surface area contributed by atoms with Gasteiger partial charge < -0.3 is 20.6 Å². The number of aromatic hydroxyl groups is 1. The van der Waals surface area contributed by atoms with Gasteiger partial charge in [-0.05, 0) is 50.1 Å². The van der Waals surface area contributed by atoms with Crippen molar-refractivity contribution in [3.8, 4) is 5.75 Å². The Bertz CT molecular complexity index is 604. The number of carbonyl (C=O) groups is 1. The standard InChI is InChI=1S/C16H20N2O3/c1-10-3-8-15(21-10)11(2)18-16(20)14(17)9-12-4-6-13(19)7-5-12/h3-8,11,14,19H,9,17H2,1-2H3,(H,18,20). The van der Waals surface area contributed by atoms with Gasteiger partial charge >= 0.3 is 0 Å². The average molecular weight is 288 g/mol. The van der Waals surface area contributed by atoms with Crippen LogP contribution in [0.2, 0.25) is 0 Å². The van der Waals surface area contributed by atoms with Crippen LogP contribution in [0.3, 0.4) is 0 Å². The lowest BCUT2D eigenvalue weighted by Crippen LogP contribution is -2.42. The highest BCUT2D eigenvalue weighted by atomic mass is 16.3. The van der Waals surface area contributed by atoms with Crippen LogP contribution in [0.25, 0.3) is 0 Å². The van der Waals surface area contributed by atoms with Gasteiger partial charge in [0, 0.05) is 0 Å². The van der Waals surface area contributed by atoms with Crippen LogP contribution in [0.15, 0.2) is 40.8 Å². The van der Waals surface area contributed by atoms with E-state index >= 15 is 0 Å². The number of aryl methyl sites for hydroxylation is 1. The lowest BCUT2D eigenvalue weighted by atomic mass is 10.1. The van der Waals surface area contributed by atoms with Gasteiger partial charge in [-0.3, -0.25) is 4.79 Å². The van der Waals surface area contributed by atoms with E-state index in [0.29, 0.717) is 12.2 Å². The first-order valence-electron chi connectivity index (χ1n) is 6.86. The van der Waals surface area contributed by atoms with Gasteiger partial charge in [-0.25, -0.2) is 0 Å². The second-order valence-corrected chi connectivity index (χ2v) is 5.16. The molecular weight excluding hydrogens is 268 g/mol. The summed E-state index contributed by atoms with van der Waals surface area (Å²) in [5.74, 6) is 1.47. The van der Waals surface area contributed by atoms with Gasteiger partial charge in [0.25, 0.3) is 0 Å². The molecule has 2 rings (SSSR count). The molecule has 0 aliphatic carbocycles. The molecule has 0 aliphatic heterocycles. The van der Waals surface area contributed by atoms with E-state index in [0.717, 1.165) is 11.3 Å². The van der Waals surface area contributed by atoms with E-state index in [1.165, 1.54) is 0 Å². The number of phenolic OH excluding ortho intramolecular Hbond substituents is 1. The van der Waals surface area contributed by atoms with Crippen LogP contribution < -0.4 is 11.1 Å². The summed E-state index contributed by atoms with van der Waals surface area (Å²) in [7, 11) is 0. The summed E-state index contributed by atoms with van der Waals surface area (Å²) in [6.07, 6.45) is 0.413. The molecule has 1 heterocycles. The Kier molecular flexibility index (Phi) is 4.65. The molecule has 112 valence electrons. The summed E-state index contributed by atoms with van der Waals surface area (Å²) in [6.45, 7) is 3.71. The molecule has 1 aromatic carbocycles. The van der Waals surface area contributed by atoms with Crippen LogP contribution in [0.4, 0.5) is 0 Å². The summed E-state index contributed by atoms with van der Waals surface area (Å²) in [5.41, 5.74) is 6.81. The lowest BCUT2D eigenvalue weighted by molar-refractivity contribution is -0.123. The number of rotatable bonds is 5. The van der Waals surface area contributed by atoms with E-state index in [2.05, 4.69) is 5.32 Å². The van der Waals surface area contributed by atoms with E-state index < -0.39 is 6.04 Å². The molecule has 2 unspecified atom stereocenters. The molecular formula is C16H20N2O3. The molecule has 0 saturated heterocycles. The first-order chi connectivity index (χ1) is 9.95. The summed E-state index contributed by atoms with van der Waals surface area (Å²) in [5, 5.41) is 12.1. The molecule has 5 nitrogen and oxygen atoms in total. The molecule has 0 aliphatic rings. The van der Waals surface area contributed by atoms with Gasteiger partial charge in [-0.2, -0.15) is 0 Å². The van der Waals surface area contributed by atoms with Crippen LogP contribution in [0.5, 0.6) is 5.75 Å². The van der Waals surface area contributed by atoms with Crippen molar-refractivity contribution in [2.24, 2.45) is 5.73 Å². The van der Waals surface area contributed by atoms with E-state index in [1.807, 2.05) is 26.0 Å². The van der Waals surface area contributed by atoms with Crippen LogP contribution in [-0.2, 0) is 11.2 Å². The number of nitrogens with two attached hydrogens (primary N) is 1. The second kappa shape index (κ2) is 6.45. The molecule has 1 aromatic heterocycles. The normalized spacial score (nSPS) is 13.7. The molecule has 0 spiro atoms. The lowest BCUT2D eigenvalue weighted by Gasteiger charge is -2.16. The maximum absolute atomic E-state index is 12.1. The van der Waals surface area contributed by atoms with Crippen molar-refractivity contribution in [1.29, 1.82) is 0 Å². The average Bonchev–Trinajstić information content (AvgIpc) is 2.88. The Morgan fingerprint density at radius 3 is 2.52 bits per heavy atom. The third-order valence-corrected chi connectivity index (χ3v) is 3.28. The Balaban J connectivity index is 1.91. The molecule has 2 aromatic rings. The minimum atomic E-state index is -0.645. The summed E-state index contributed by atoms with van der Waals surface area (Å²) in [6, 6.07) is 9.48. The largest absolute Gasteiger partial charge is 0.508 e. The molecule has 5 heteroatoms. The minimum absolute atomic E-state index is 0.193. The van der Waals surface area contributed by atoms with Crippen LogP contribution in [-0.4, -0.2) is 17.1 Å². The number of carbonyl (C=O) groups excluding carboxylic acids is 1. The van der Waals surface area contributed by atoms with Gasteiger partial charge in [0.15, 0.2) is 0 Å². The van der Waals surface area contributed by atoms with Crippen molar-refractivity contribution in [2.45, 2.75) is 32.4 Å². The van der Waals surface area contributed by atoms with Crippen LogP contribution in [0.1, 0.15) is 30.0 Å². The van der Waals surface area contributed by atoms with Crippen LogP contribution >= 0.6 is 0 Å².